The van der Waals surface area contributed by atoms with Crippen LogP contribution in [0, 0.1) is 20.8 Å². The highest BCUT2D eigenvalue weighted by Crippen LogP contribution is 2.60. The average Bonchev–Trinajstić information content (AvgIpc) is 2.88. The number of hydrogen-bond donors (Lipinski definition) is 1. The van der Waals surface area contributed by atoms with Gasteiger partial charge in [-0.3, -0.25) is 0 Å². The number of para-hydroxylation sites is 2. The van der Waals surface area contributed by atoms with E-state index in [9.17, 15) is 13.0 Å². The second-order valence-corrected chi connectivity index (χ2v) is 13.9. The Hall–Kier alpha value is -3.38. The zero-order chi connectivity index (χ0) is 28.1. The molecule has 0 fully saturated rings. The Labute approximate surface area is 231 Å². The molecule has 4 rings (SSSR count). The molecule has 6 nitrogen and oxygen atoms in total. The van der Waals surface area contributed by atoms with Gasteiger partial charge in [-0.05, 0) is 81.5 Å². The quantitative estimate of drug-likeness (QED) is 0.190. The summed E-state index contributed by atoms with van der Waals surface area (Å²) in [6, 6.07) is 30.6. The van der Waals surface area contributed by atoms with Crippen molar-refractivity contribution in [3.05, 3.63) is 125 Å². The monoisotopic (exact) mass is 563 g/mol. The van der Waals surface area contributed by atoms with Gasteiger partial charge in [0.2, 0.25) is 10.0 Å². The van der Waals surface area contributed by atoms with Crippen molar-refractivity contribution in [2.24, 2.45) is 0 Å². The lowest BCUT2D eigenvalue weighted by Crippen LogP contribution is -2.48. The van der Waals surface area contributed by atoms with Crippen molar-refractivity contribution in [3.63, 3.8) is 0 Å². The third-order valence-corrected chi connectivity index (χ3v) is 11.0. The molecule has 4 aromatic carbocycles. The molecule has 0 aromatic heterocycles. The van der Waals surface area contributed by atoms with E-state index in [-0.39, 0.29) is 11.3 Å². The normalized spacial score (nSPS) is 13.4. The van der Waals surface area contributed by atoms with Gasteiger partial charge in [0.1, 0.15) is 11.5 Å². The number of nitrogens with one attached hydrogen (secondary N) is 1. The number of rotatable bonds is 11. The molecule has 0 heterocycles. The van der Waals surface area contributed by atoms with E-state index in [1.165, 1.54) is 0 Å². The second-order valence-electron chi connectivity index (χ2n) is 9.90. The SMILES string of the molecule is Cc1cc(C)c(S(=O)(=O)NC(C)(CCc2ccccc2)P(=O)(Oc2ccccc2)Oc2ccccc2)c(C)c1. The van der Waals surface area contributed by atoms with E-state index in [1.54, 1.807) is 69.3 Å². The minimum Gasteiger partial charge on any atom is -0.415 e. The molecule has 1 atom stereocenters. The molecule has 0 saturated carbocycles. The predicted octanol–water partition coefficient (Wildman–Crippen LogP) is 7.59. The number of hydrogen-bond acceptors (Lipinski definition) is 5. The summed E-state index contributed by atoms with van der Waals surface area (Å²) in [6.07, 6.45) is 0.586. The maximum Gasteiger partial charge on any atom is 0.451 e. The first-order chi connectivity index (χ1) is 18.5. The zero-order valence-corrected chi connectivity index (χ0v) is 24.3. The lowest BCUT2D eigenvalue weighted by Gasteiger charge is -2.36. The fourth-order valence-electron chi connectivity index (χ4n) is 4.67. The van der Waals surface area contributed by atoms with Crippen molar-refractivity contribution in [3.8, 4) is 11.5 Å². The van der Waals surface area contributed by atoms with Crippen LogP contribution in [0.3, 0.4) is 0 Å². The summed E-state index contributed by atoms with van der Waals surface area (Å²) in [6.45, 7) is 7.04. The molecule has 0 saturated heterocycles. The van der Waals surface area contributed by atoms with Crippen LogP contribution in [0.25, 0.3) is 0 Å². The summed E-state index contributed by atoms with van der Waals surface area (Å²) >= 11 is 0. The molecule has 39 heavy (non-hydrogen) atoms. The molecule has 8 heteroatoms. The van der Waals surface area contributed by atoms with Crippen LogP contribution < -0.4 is 13.8 Å². The van der Waals surface area contributed by atoms with Gasteiger partial charge in [0.05, 0.1) is 4.90 Å². The smallest absolute Gasteiger partial charge is 0.415 e. The summed E-state index contributed by atoms with van der Waals surface area (Å²) in [7, 11) is -8.42. The second kappa shape index (κ2) is 11.8. The van der Waals surface area contributed by atoms with Crippen molar-refractivity contribution in [2.45, 2.75) is 50.7 Å². The minimum absolute atomic E-state index is 0.150. The molecule has 0 aliphatic rings. The highest BCUT2D eigenvalue weighted by molar-refractivity contribution is 7.90. The minimum atomic E-state index is -4.27. The molecule has 4 aromatic rings. The van der Waals surface area contributed by atoms with E-state index in [4.69, 9.17) is 9.05 Å². The van der Waals surface area contributed by atoms with Gasteiger partial charge in [-0.1, -0.05) is 84.4 Å². The lowest BCUT2D eigenvalue weighted by atomic mass is 10.1. The maximum atomic E-state index is 15.0. The Bertz CT molecular complexity index is 1490. The van der Waals surface area contributed by atoms with Crippen LogP contribution in [0.2, 0.25) is 0 Å². The Morgan fingerprint density at radius 1 is 0.744 bits per heavy atom. The number of sulfonamides is 1. The largest absolute Gasteiger partial charge is 0.451 e. The van der Waals surface area contributed by atoms with Crippen molar-refractivity contribution in [2.75, 3.05) is 0 Å². The van der Waals surface area contributed by atoms with Gasteiger partial charge in [-0.15, -0.1) is 0 Å². The van der Waals surface area contributed by atoms with Crippen molar-refractivity contribution >= 4 is 17.6 Å². The first-order valence-electron chi connectivity index (χ1n) is 12.8. The molecular formula is C31H34NO5PS. The molecule has 1 unspecified atom stereocenters. The van der Waals surface area contributed by atoms with Gasteiger partial charge in [0.15, 0.2) is 5.28 Å². The van der Waals surface area contributed by atoms with Gasteiger partial charge < -0.3 is 9.05 Å². The Morgan fingerprint density at radius 3 is 1.64 bits per heavy atom. The Balaban J connectivity index is 1.84. The van der Waals surface area contributed by atoms with Crippen LogP contribution in [0.4, 0.5) is 0 Å². The standard InChI is InChI=1S/C31H34NO5PS/c1-24-22-25(2)30(26(3)23-24)39(34,35)32-31(4,21-20-27-14-8-5-9-15-27)38(33,36-28-16-10-6-11-17-28)37-29-18-12-7-13-19-29/h5-19,22-23,32H,20-21H2,1-4H3. The molecule has 204 valence electrons. The van der Waals surface area contributed by atoms with E-state index >= 15 is 0 Å². The molecule has 1 N–H and O–H groups in total. The highest BCUT2D eigenvalue weighted by Gasteiger charge is 2.53. The van der Waals surface area contributed by atoms with Gasteiger partial charge in [-0.2, -0.15) is 4.72 Å². The lowest BCUT2D eigenvalue weighted by molar-refractivity contribution is 0.327. The summed E-state index contributed by atoms with van der Waals surface area (Å²) in [4.78, 5) is 0.157. The Kier molecular flexibility index (Phi) is 8.65. The highest BCUT2D eigenvalue weighted by atomic mass is 32.2. The summed E-state index contributed by atoms with van der Waals surface area (Å²) in [5, 5.41) is -1.64. The van der Waals surface area contributed by atoms with E-state index in [2.05, 4.69) is 4.72 Å². The van der Waals surface area contributed by atoms with E-state index in [1.807, 2.05) is 61.5 Å². The fraction of sp³-hybridized carbons (Fsp3) is 0.226. The van der Waals surface area contributed by atoms with Gasteiger partial charge in [-0.25, -0.2) is 13.0 Å². The van der Waals surface area contributed by atoms with Crippen LogP contribution in [-0.4, -0.2) is 13.7 Å². The van der Waals surface area contributed by atoms with Crippen LogP contribution in [0.1, 0.15) is 35.6 Å². The van der Waals surface area contributed by atoms with E-state index in [0.29, 0.717) is 29.0 Å². The first-order valence-corrected chi connectivity index (χ1v) is 15.8. The molecule has 0 aliphatic carbocycles. The van der Waals surface area contributed by atoms with Gasteiger partial charge >= 0.3 is 7.60 Å². The maximum absolute atomic E-state index is 15.0. The number of aryl methyl sites for hydroxylation is 4. The fourth-order valence-corrected chi connectivity index (χ4v) is 8.85. The van der Waals surface area contributed by atoms with Gasteiger partial charge in [0, 0.05) is 0 Å². The molecule has 0 spiro atoms. The van der Waals surface area contributed by atoms with Crippen LogP contribution >= 0.6 is 7.60 Å². The molecule has 0 amide bonds. The van der Waals surface area contributed by atoms with Gasteiger partial charge in [0.25, 0.3) is 0 Å². The van der Waals surface area contributed by atoms with Crippen LogP contribution in [0.15, 0.2) is 108 Å². The third kappa shape index (κ3) is 6.80. The summed E-state index contributed by atoms with van der Waals surface area (Å²) < 4.78 is 58.0. The van der Waals surface area contributed by atoms with E-state index < -0.39 is 22.9 Å². The average molecular weight is 564 g/mol. The van der Waals surface area contributed by atoms with Crippen LogP contribution in [0.5, 0.6) is 11.5 Å². The third-order valence-electron chi connectivity index (χ3n) is 6.51. The Morgan fingerprint density at radius 2 is 1.18 bits per heavy atom. The topological polar surface area (TPSA) is 81.7 Å². The van der Waals surface area contributed by atoms with Crippen molar-refractivity contribution in [1.82, 2.24) is 4.72 Å². The number of benzene rings is 4. The summed E-state index contributed by atoms with van der Waals surface area (Å²) in [5.74, 6) is 0.620. The molecule has 0 radical (unpaired) electrons. The molecule has 0 aliphatic heterocycles. The molecule has 0 bridgehead atoms. The van der Waals surface area contributed by atoms with E-state index in [0.717, 1.165) is 11.1 Å². The molecular weight excluding hydrogens is 529 g/mol. The predicted molar refractivity (Wildman–Crippen MR) is 156 cm³/mol. The summed E-state index contributed by atoms with van der Waals surface area (Å²) in [5.41, 5.74) is 3.14. The van der Waals surface area contributed by atoms with Crippen LogP contribution in [-0.2, 0) is 21.0 Å². The van der Waals surface area contributed by atoms with Crippen molar-refractivity contribution in [1.29, 1.82) is 0 Å². The zero-order valence-electron chi connectivity index (χ0n) is 22.6. The first kappa shape index (κ1) is 28.6. The van der Waals surface area contributed by atoms with Crippen molar-refractivity contribution < 1.29 is 22.0 Å².